The summed E-state index contributed by atoms with van der Waals surface area (Å²) >= 11 is 8.63. The predicted molar refractivity (Wildman–Crippen MR) is 33.8 cm³/mol. The highest BCUT2D eigenvalue weighted by Crippen LogP contribution is 1.91. The Labute approximate surface area is 49.5 Å². The van der Waals surface area contributed by atoms with Crippen molar-refractivity contribution < 1.29 is 0 Å². The Morgan fingerprint density at radius 2 is 1.83 bits per heavy atom. The van der Waals surface area contributed by atoms with Gasteiger partial charge < -0.3 is 17.5 Å². The third kappa shape index (κ3) is 2.87. The molecule has 0 amide bonds. The summed E-state index contributed by atoms with van der Waals surface area (Å²) in [6.45, 7) is 0. The smallest absolute Gasteiger partial charge is 0.0147 e. The topological polar surface area (TPSA) is 3.24 Å². The van der Waals surface area contributed by atoms with Crippen molar-refractivity contribution in [1.82, 2.24) is 4.90 Å². The molecule has 0 saturated carbocycles. The van der Waals surface area contributed by atoms with Crippen LogP contribution in [0.5, 0.6) is 0 Å². The molecule has 0 aromatic rings. The molecule has 1 atom stereocenters. The second-order valence-corrected chi connectivity index (χ2v) is 2.57. The fourth-order valence-electron chi connectivity index (χ4n) is 0. The van der Waals surface area contributed by atoms with Gasteiger partial charge in [-0.05, 0) is 14.1 Å². The highest BCUT2D eigenvalue weighted by molar-refractivity contribution is 7.91. The Balaban J connectivity index is 2.99. The molecule has 0 heterocycles. The van der Waals surface area contributed by atoms with Crippen LogP contribution < -0.4 is 0 Å². The number of thiol groups is 1. The van der Waals surface area contributed by atoms with Crippen molar-refractivity contribution >= 4 is 25.3 Å². The number of hydrogen-bond donors (Lipinski definition) is 1. The maximum Gasteiger partial charge on any atom is -0.0147 e. The van der Waals surface area contributed by atoms with Gasteiger partial charge in [0.25, 0.3) is 0 Å². The van der Waals surface area contributed by atoms with E-state index in [1.807, 2.05) is 19.0 Å². The summed E-state index contributed by atoms with van der Waals surface area (Å²) in [6.07, 6.45) is 0. The third-order valence-electron chi connectivity index (χ3n) is 0.442. The van der Waals surface area contributed by atoms with E-state index in [4.69, 9.17) is 12.6 Å². The fourth-order valence-corrected chi connectivity index (χ4v) is 0. The van der Waals surface area contributed by atoms with E-state index in [0.717, 1.165) is 0 Å². The van der Waals surface area contributed by atoms with Gasteiger partial charge in [0.2, 0.25) is 0 Å². The van der Waals surface area contributed by atoms with Gasteiger partial charge in [-0.2, -0.15) is 12.6 Å². The maximum absolute atomic E-state index is 4.69. The quantitative estimate of drug-likeness (QED) is 0.303. The summed E-state index contributed by atoms with van der Waals surface area (Å²) in [4.78, 5) is 1.85. The zero-order valence-electron chi connectivity index (χ0n) is 3.88. The molecule has 0 aliphatic carbocycles. The predicted octanol–water partition coefficient (Wildman–Crippen LogP) is 0.308. The minimum absolute atomic E-state index is 0.0370. The Hall–Kier alpha value is 0.660. The summed E-state index contributed by atoms with van der Waals surface area (Å²) in [7, 11) is 3.79. The Morgan fingerprint density at radius 1 is 1.67 bits per heavy atom. The van der Waals surface area contributed by atoms with Crippen molar-refractivity contribution in [3.05, 3.63) is 0 Å². The zero-order chi connectivity index (χ0) is 5.15. The average molecular weight is 122 g/mol. The first kappa shape index (κ1) is 6.66. The molecule has 6 heavy (non-hydrogen) atoms. The lowest BCUT2D eigenvalue weighted by atomic mass is 11.0. The summed E-state index contributed by atoms with van der Waals surface area (Å²) in [5.74, 6) is 0. The van der Waals surface area contributed by atoms with Crippen LogP contribution in [0.4, 0.5) is 0 Å². The largest absolute Gasteiger partial charge is 0.763 e. The first-order chi connectivity index (χ1) is 2.64. The van der Waals surface area contributed by atoms with Gasteiger partial charge in [0.1, 0.15) is 0 Å². The highest BCUT2D eigenvalue weighted by Gasteiger charge is 1.80. The van der Waals surface area contributed by atoms with Crippen LogP contribution in [0.3, 0.4) is 0 Å². The zero-order valence-corrected chi connectivity index (χ0v) is 5.59. The SMILES string of the molecule is CN(C)C([S-])S. The second-order valence-electron chi connectivity index (χ2n) is 1.29. The minimum atomic E-state index is -0.0370. The number of nitrogens with zero attached hydrogens (tertiary/aromatic N) is 1. The minimum Gasteiger partial charge on any atom is -0.763 e. The van der Waals surface area contributed by atoms with Gasteiger partial charge in [0.15, 0.2) is 0 Å². The molecule has 0 aromatic heterocycles. The van der Waals surface area contributed by atoms with Crippen LogP contribution in [0.15, 0.2) is 0 Å². The van der Waals surface area contributed by atoms with E-state index in [1.54, 1.807) is 0 Å². The van der Waals surface area contributed by atoms with Crippen molar-refractivity contribution in [1.29, 1.82) is 0 Å². The highest BCUT2D eigenvalue weighted by atomic mass is 32.2. The van der Waals surface area contributed by atoms with E-state index >= 15 is 0 Å². The fraction of sp³-hybridized carbons (Fsp3) is 1.00. The van der Waals surface area contributed by atoms with Crippen molar-refractivity contribution in [2.75, 3.05) is 14.1 Å². The summed E-state index contributed by atoms with van der Waals surface area (Å²) in [5.41, 5.74) is 0. The molecule has 38 valence electrons. The Kier molecular flexibility index (Phi) is 3.08. The van der Waals surface area contributed by atoms with Crippen LogP contribution >= 0.6 is 12.6 Å². The molecule has 1 nitrogen and oxygen atoms in total. The van der Waals surface area contributed by atoms with Crippen LogP contribution in [-0.4, -0.2) is 23.7 Å². The van der Waals surface area contributed by atoms with E-state index in [2.05, 4.69) is 12.6 Å². The van der Waals surface area contributed by atoms with E-state index < -0.39 is 0 Å². The van der Waals surface area contributed by atoms with Crippen molar-refractivity contribution in [2.45, 2.75) is 4.71 Å². The Morgan fingerprint density at radius 3 is 1.83 bits per heavy atom. The molecule has 0 radical (unpaired) electrons. The summed E-state index contributed by atoms with van der Waals surface area (Å²) in [6, 6.07) is 0. The van der Waals surface area contributed by atoms with Gasteiger partial charge >= 0.3 is 0 Å². The van der Waals surface area contributed by atoms with E-state index in [-0.39, 0.29) is 4.71 Å². The molecule has 3 heteroatoms. The van der Waals surface area contributed by atoms with Crippen LogP contribution in [0.2, 0.25) is 0 Å². The van der Waals surface area contributed by atoms with Crippen molar-refractivity contribution in [3.8, 4) is 0 Å². The molecule has 0 spiro atoms. The molecule has 0 rings (SSSR count). The summed E-state index contributed by atoms with van der Waals surface area (Å²) in [5, 5.41) is 0. The van der Waals surface area contributed by atoms with Crippen LogP contribution in [0.1, 0.15) is 0 Å². The van der Waals surface area contributed by atoms with Gasteiger partial charge in [-0.15, -0.1) is 0 Å². The van der Waals surface area contributed by atoms with Gasteiger partial charge in [-0.25, -0.2) is 0 Å². The van der Waals surface area contributed by atoms with Gasteiger partial charge in [-0.1, -0.05) is 4.71 Å². The van der Waals surface area contributed by atoms with Gasteiger partial charge in [0.05, 0.1) is 0 Å². The standard InChI is InChI=1S/C3H9NS2/c1-4(2)3(5)6/h3,5-6H,1-2H3/p-1. The number of rotatable bonds is 1. The molecular formula is C3H8NS2-. The molecule has 0 aliphatic rings. The lowest BCUT2D eigenvalue weighted by Crippen LogP contribution is -2.18. The van der Waals surface area contributed by atoms with E-state index in [0.29, 0.717) is 0 Å². The molecular weight excluding hydrogens is 114 g/mol. The molecule has 0 bridgehead atoms. The van der Waals surface area contributed by atoms with Gasteiger partial charge in [-0.3, -0.25) is 0 Å². The van der Waals surface area contributed by atoms with Crippen LogP contribution in [0.25, 0.3) is 0 Å². The molecule has 0 saturated heterocycles. The molecule has 1 unspecified atom stereocenters. The van der Waals surface area contributed by atoms with E-state index in [9.17, 15) is 0 Å². The summed E-state index contributed by atoms with van der Waals surface area (Å²) < 4.78 is -0.0370. The van der Waals surface area contributed by atoms with Crippen LogP contribution in [0, 0.1) is 0 Å². The first-order valence-corrected chi connectivity index (χ1v) is 2.63. The monoisotopic (exact) mass is 122 g/mol. The van der Waals surface area contributed by atoms with Crippen LogP contribution in [-0.2, 0) is 12.6 Å². The average Bonchev–Trinajstić information content (AvgIpc) is 1.36. The lowest BCUT2D eigenvalue weighted by molar-refractivity contribution is 0.463. The Bertz CT molecular complexity index is 29.8. The molecule has 0 N–H and O–H groups in total. The maximum atomic E-state index is 4.69. The lowest BCUT2D eigenvalue weighted by Gasteiger charge is -2.23. The van der Waals surface area contributed by atoms with E-state index in [1.165, 1.54) is 0 Å². The number of hydrogen-bond acceptors (Lipinski definition) is 3. The normalized spacial score (nSPS) is 15.5. The van der Waals surface area contributed by atoms with Crippen molar-refractivity contribution in [2.24, 2.45) is 0 Å². The first-order valence-electron chi connectivity index (χ1n) is 1.65. The molecule has 0 aliphatic heterocycles. The van der Waals surface area contributed by atoms with Gasteiger partial charge in [0, 0.05) is 0 Å². The van der Waals surface area contributed by atoms with Crippen molar-refractivity contribution in [3.63, 3.8) is 0 Å². The molecule has 0 fully saturated rings. The second kappa shape index (κ2) is 2.77. The third-order valence-corrected chi connectivity index (χ3v) is 1.33. The molecule has 0 aromatic carbocycles.